The SMILES string of the molecule is Cc1cccc(C)c1Nc1ccccc1-c1ccccc1[N+](=O)[O-]. The number of nitro benzene ring substituents is 1. The van der Waals surface area contributed by atoms with Crippen LogP contribution in [0.25, 0.3) is 11.1 Å². The number of benzene rings is 3. The molecule has 0 saturated carbocycles. The molecule has 0 unspecified atom stereocenters. The lowest BCUT2D eigenvalue weighted by Crippen LogP contribution is -1.99. The molecule has 3 aromatic rings. The second-order valence-corrected chi connectivity index (χ2v) is 5.71. The van der Waals surface area contributed by atoms with Gasteiger partial charge in [0.1, 0.15) is 0 Å². The second kappa shape index (κ2) is 6.54. The lowest BCUT2D eigenvalue weighted by Gasteiger charge is -2.16. The van der Waals surface area contributed by atoms with Crippen molar-refractivity contribution in [3.8, 4) is 11.1 Å². The Morgan fingerprint density at radius 1 is 0.792 bits per heavy atom. The van der Waals surface area contributed by atoms with Crippen LogP contribution in [-0.4, -0.2) is 4.92 Å². The zero-order valence-electron chi connectivity index (χ0n) is 13.6. The highest BCUT2D eigenvalue weighted by Gasteiger charge is 2.17. The van der Waals surface area contributed by atoms with Gasteiger partial charge in [-0.05, 0) is 37.1 Å². The zero-order valence-corrected chi connectivity index (χ0v) is 13.6. The number of hydrogen-bond acceptors (Lipinski definition) is 3. The smallest absolute Gasteiger partial charge is 0.277 e. The van der Waals surface area contributed by atoms with Gasteiger partial charge in [-0.3, -0.25) is 10.1 Å². The van der Waals surface area contributed by atoms with E-state index < -0.39 is 0 Å². The summed E-state index contributed by atoms with van der Waals surface area (Å²) in [5, 5.41) is 14.8. The van der Waals surface area contributed by atoms with Crippen LogP contribution >= 0.6 is 0 Å². The van der Waals surface area contributed by atoms with Gasteiger partial charge in [-0.15, -0.1) is 0 Å². The van der Waals surface area contributed by atoms with E-state index in [-0.39, 0.29) is 10.6 Å². The van der Waals surface area contributed by atoms with E-state index in [0.29, 0.717) is 5.56 Å². The predicted molar refractivity (Wildman–Crippen MR) is 97.7 cm³/mol. The molecule has 120 valence electrons. The highest BCUT2D eigenvalue weighted by Crippen LogP contribution is 2.36. The van der Waals surface area contributed by atoms with Crippen LogP contribution < -0.4 is 5.32 Å². The van der Waals surface area contributed by atoms with E-state index in [0.717, 1.165) is 28.1 Å². The highest BCUT2D eigenvalue weighted by atomic mass is 16.6. The van der Waals surface area contributed by atoms with Gasteiger partial charge in [0.05, 0.1) is 10.5 Å². The molecule has 0 amide bonds. The number of anilines is 2. The lowest BCUT2D eigenvalue weighted by atomic mass is 10.0. The molecular formula is C20H18N2O2. The number of aryl methyl sites for hydroxylation is 2. The van der Waals surface area contributed by atoms with E-state index in [9.17, 15) is 10.1 Å². The van der Waals surface area contributed by atoms with Gasteiger partial charge in [0, 0.05) is 23.0 Å². The van der Waals surface area contributed by atoms with Gasteiger partial charge in [-0.2, -0.15) is 0 Å². The standard InChI is InChI=1S/C20H18N2O2/c1-14-8-7-9-15(2)20(14)21-18-12-5-3-10-16(18)17-11-4-6-13-19(17)22(23)24/h3-13,21H,1-2H3. The molecule has 0 aromatic heterocycles. The van der Waals surface area contributed by atoms with E-state index in [1.165, 1.54) is 6.07 Å². The summed E-state index contributed by atoms with van der Waals surface area (Å²) >= 11 is 0. The number of rotatable bonds is 4. The monoisotopic (exact) mass is 318 g/mol. The van der Waals surface area contributed by atoms with Gasteiger partial charge in [-0.1, -0.05) is 48.5 Å². The summed E-state index contributed by atoms with van der Waals surface area (Å²) in [6.07, 6.45) is 0. The van der Waals surface area contributed by atoms with Gasteiger partial charge in [0.15, 0.2) is 0 Å². The first kappa shape index (κ1) is 15.7. The van der Waals surface area contributed by atoms with Crippen LogP contribution in [0.5, 0.6) is 0 Å². The minimum Gasteiger partial charge on any atom is -0.355 e. The predicted octanol–water partition coefficient (Wildman–Crippen LogP) is 5.62. The molecule has 0 aliphatic heterocycles. The molecule has 0 aliphatic carbocycles. The molecule has 0 atom stereocenters. The van der Waals surface area contributed by atoms with Crippen molar-refractivity contribution in [1.82, 2.24) is 0 Å². The van der Waals surface area contributed by atoms with Crippen molar-refractivity contribution in [2.75, 3.05) is 5.32 Å². The molecule has 4 nitrogen and oxygen atoms in total. The van der Waals surface area contributed by atoms with Crippen LogP contribution in [0.3, 0.4) is 0 Å². The van der Waals surface area contributed by atoms with Crippen molar-refractivity contribution < 1.29 is 4.92 Å². The number of nitro groups is 1. The first-order valence-corrected chi connectivity index (χ1v) is 7.74. The Morgan fingerprint density at radius 2 is 1.38 bits per heavy atom. The first-order valence-electron chi connectivity index (χ1n) is 7.74. The third kappa shape index (κ3) is 2.99. The summed E-state index contributed by atoms with van der Waals surface area (Å²) in [6.45, 7) is 4.09. The fraction of sp³-hybridized carbons (Fsp3) is 0.100. The van der Waals surface area contributed by atoms with Gasteiger partial charge >= 0.3 is 0 Å². The first-order chi connectivity index (χ1) is 11.6. The average molecular weight is 318 g/mol. The minimum absolute atomic E-state index is 0.105. The molecule has 3 rings (SSSR count). The Morgan fingerprint density at radius 3 is 2.04 bits per heavy atom. The maximum Gasteiger partial charge on any atom is 0.277 e. The zero-order chi connectivity index (χ0) is 17.1. The molecular weight excluding hydrogens is 300 g/mol. The number of nitrogens with one attached hydrogen (secondary N) is 1. The molecule has 0 spiro atoms. The average Bonchev–Trinajstić information content (AvgIpc) is 2.58. The molecule has 3 aromatic carbocycles. The molecule has 0 saturated heterocycles. The van der Waals surface area contributed by atoms with Gasteiger partial charge < -0.3 is 5.32 Å². The Kier molecular flexibility index (Phi) is 4.29. The van der Waals surface area contributed by atoms with Crippen LogP contribution in [0.15, 0.2) is 66.7 Å². The topological polar surface area (TPSA) is 55.2 Å². The van der Waals surface area contributed by atoms with E-state index in [4.69, 9.17) is 0 Å². The molecule has 0 fully saturated rings. The fourth-order valence-electron chi connectivity index (χ4n) is 2.83. The van der Waals surface area contributed by atoms with Crippen LogP contribution in [0.1, 0.15) is 11.1 Å². The largest absolute Gasteiger partial charge is 0.355 e. The lowest BCUT2D eigenvalue weighted by molar-refractivity contribution is -0.384. The molecule has 4 heteroatoms. The van der Waals surface area contributed by atoms with Crippen LogP contribution in [0.2, 0.25) is 0 Å². The van der Waals surface area contributed by atoms with E-state index >= 15 is 0 Å². The Balaban J connectivity index is 2.12. The summed E-state index contributed by atoms with van der Waals surface area (Å²) in [5.74, 6) is 0. The van der Waals surface area contributed by atoms with E-state index in [1.54, 1.807) is 12.1 Å². The van der Waals surface area contributed by atoms with Crippen LogP contribution in [0, 0.1) is 24.0 Å². The molecule has 0 bridgehead atoms. The van der Waals surface area contributed by atoms with Crippen molar-refractivity contribution >= 4 is 17.1 Å². The number of nitrogens with zero attached hydrogens (tertiary/aromatic N) is 1. The quantitative estimate of drug-likeness (QED) is 0.501. The maximum absolute atomic E-state index is 11.4. The molecule has 1 N–H and O–H groups in total. The summed E-state index contributed by atoms with van der Waals surface area (Å²) in [5.41, 5.74) is 5.67. The maximum atomic E-state index is 11.4. The Bertz CT molecular complexity index is 883. The second-order valence-electron chi connectivity index (χ2n) is 5.71. The van der Waals surface area contributed by atoms with Crippen molar-refractivity contribution in [2.24, 2.45) is 0 Å². The summed E-state index contributed by atoms with van der Waals surface area (Å²) in [7, 11) is 0. The third-order valence-electron chi connectivity index (χ3n) is 4.06. The van der Waals surface area contributed by atoms with E-state index in [1.807, 2.05) is 62.4 Å². The highest BCUT2D eigenvalue weighted by molar-refractivity contribution is 5.86. The fourth-order valence-corrected chi connectivity index (χ4v) is 2.83. The summed E-state index contributed by atoms with van der Waals surface area (Å²) in [4.78, 5) is 11.0. The number of hydrogen-bond donors (Lipinski definition) is 1. The van der Waals surface area contributed by atoms with Crippen LogP contribution in [0.4, 0.5) is 17.1 Å². The summed E-state index contributed by atoms with van der Waals surface area (Å²) in [6, 6.07) is 20.6. The van der Waals surface area contributed by atoms with Crippen LogP contribution in [-0.2, 0) is 0 Å². The molecule has 0 heterocycles. The third-order valence-corrected chi connectivity index (χ3v) is 4.06. The van der Waals surface area contributed by atoms with Crippen molar-refractivity contribution in [3.05, 3.63) is 88.0 Å². The van der Waals surface area contributed by atoms with Crippen molar-refractivity contribution in [1.29, 1.82) is 0 Å². The normalized spacial score (nSPS) is 10.4. The molecule has 0 radical (unpaired) electrons. The number of para-hydroxylation sites is 3. The summed E-state index contributed by atoms with van der Waals surface area (Å²) < 4.78 is 0. The van der Waals surface area contributed by atoms with Crippen molar-refractivity contribution in [2.45, 2.75) is 13.8 Å². The molecule has 0 aliphatic rings. The Labute approximate surface area is 140 Å². The van der Waals surface area contributed by atoms with Gasteiger partial charge in [0.2, 0.25) is 0 Å². The van der Waals surface area contributed by atoms with Gasteiger partial charge in [-0.25, -0.2) is 0 Å². The van der Waals surface area contributed by atoms with E-state index in [2.05, 4.69) is 5.32 Å². The molecule has 24 heavy (non-hydrogen) atoms. The minimum atomic E-state index is -0.342. The van der Waals surface area contributed by atoms with Gasteiger partial charge in [0.25, 0.3) is 5.69 Å². The Hall–Kier alpha value is -3.14. The van der Waals surface area contributed by atoms with Crippen molar-refractivity contribution in [3.63, 3.8) is 0 Å².